The van der Waals surface area contributed by atoms with E-state index in [0.717, 1.165) is 24.2 Å². The molecule has 2 fully saturated rings. The maximum absolute atomic E-state index is 9.62. The molecule has 0 radical (unpaired) electrons. The lowest BCUT2D eigenvalue weighted by Gasteiger charge is -2.38. The maximum Gasteiger partial charge on any atom is 0.0511 e. The van der Waals surface area contributed by atoms with E-state index in [9.17, 15) is 10.2 Å². The molecule has 2 bridgehead atoms. The number of hydrogen-bond donors (Lipinski definition) is 2. The Morgan fingerprint density at radius 1 is 1.12 bits per heavy atom. The second-order valence-electron chi connectivity index (χ2n) is 6.47. The van der Waals surface area contributed by atoms with Crippen molar-refractivity contribution in [2.24, 2.45) is 29.1 Å². The van der Waals surface area contributed by atoms with Gasteiger partial charge in [-0.3, -0.25) is 0 Å². The molecule has 2 aliphatic rings. The Morgan fingerprint density at radius 3 is 2.19 bits per heavy atom. The van der Waals surface area contributed by atoms with Gasteiger partial charge in [0.1, 0.15) is 0 Å². The van der Waals surface area contributed by atoms with E-state index in [1.165, 1.54) is 25.7 Å². The third-order valence-electron chi connectivity index (χ3n) is 5.41. The summed E-state index contributed by atoms with van der Waals surface area (Å²) in [4.78, 5) is 0. The van der Waals surface area contributed by atoms with Gasteiger partial charge < -0.3 is 10.2 Å². The van der Waals surface area contributed by atoms with Gasteiger partial charge in [0.2, 0.25) is 0 Å². The molecule has 2 nitrogen and oxygen atoms in total. The van der Waals surface area contributed by atoms with Crippen molar-refractivity contribution in [1.29, 1.82) is 0 Å². The van der Waals surface area contributed by atoms with Gasteiger partial charge in [-0.2, -0.15) is 0 Å². The van der Waals surface area contributed by atoms with E-state index in [0.29, 0.717) is 5.92 Å². The topological polar surface area (TPSA) is 40.5 Å². The van der Waals surface area contributed by atoms with E-state index < -0.39 is 0 Å². The van der Waals surface area contributed by atoms with Crippen molar-refractivity contribution < 1.29 is 10.2 Å². The average Bonchev–Trinajstić information content (AvgIpc) is 2.87. The molecule has 16 heavy (non-hydrogen) atoms. The molecule has 3 atom stereocenters. The van der Waals surface area contributed by atoms with Crippen molar-refractivity contribution in [3.05, 3.63) is 0 Å². The third kappa shape index (κ3) is 2.02. The molecular formula is C14H26O2. The second kappa shape index (κ2) is 4.66. The zero-order chi connectivity index (χ0) is 11.8. The summed E-state index contributed by atoms with van der Waals surface area (Å²) in [6.45, 7) is 4.52. The van der Waals surface area contributed by atoms with Crippen molar-refractivity contribution in [2.75, 3.05) is 13.2 Å². The van der Waals surface area contributed by atoms with Gasteiger partial charge >= 0.3 is 0 Å². The van der Waals surface area contributed by atoms with E-state index in [1.807, 2.05) is 0 Å². The fourth-order valence-corrected chi connectivity index (χ4v) is 3.93. The number of rotatable bonds is 5. The number of hydrogen-bond acceptors (Lipinski definition) is 2. The smallest absolute Gasteiger partial charge is 0.0511 e. The van der Waals surface area contributed by atoms with Crippen LogP contribution < -0.4 is 0 Å². The minimum Gasteiger partial charge on any atom is -0.396 e. The molecule has 0 aromatic heterocycles. The van der Waals surface area contributed by atoms with Crippen LogP contribution in [-0.4, -0.2) is 23.4 Å². The summed E-state index contributed by atoms with van der Waals surface area (Å²) in [6, 6.07) is 0. The molecule has 0 aromatic carbocycles. The lowest BCUT2D eigenvalue weighted by Crippen LogP contribution is -2.38. The summed E-state index contributed by atoms with van der Waals surface area (Å²) in [7, 11) is 0. The Bertz CT molecular complexity index is 233. The highest BCUT2D eigenvalue weighted by molar-refractivity contribution is 4.94. The van der Waals surface area contributed by atoms with Gasteiger partial charge in [0, 0.05) is 5.41 Å². The van der Waals surface area contributed by atoms with Crippen LogP contribution in [0.25, 0.3) is 0 Å². The molecule has 2 rings (SSSR count). The molecule has 2 heteroatoms. The summed E-state index contributed by atoms with van der Waals surface area (Å²) < 4.78 is 0. The largest absolute Gasteiger partial charge is 0.396 e. The van der Waals surface area contributed by atoms with Crippen molar-refractivity contribution >= 4 is 0 Å². The first-order chi connectivity index (χ1) is 7.61. The van der Waals surface area contributed by atoms with E-state index in [1.54, 1.807) is 0 Å². The van der Waals surface area contributed by atoms with Gasteiger partial charge in [-0.15, -0.1) is 0 Å². The van der Waals surface area contributed by atoms with Crippen LogP contribution in [0.3, 0.4) is 0 Å². The first kappa shape index (κ1) is 12.4. The monoisotopic (exact) mass is 226 g/mol. The molecule has 94 valence electrons. The van der Waals surface area contributed by atoms with Gasteiger partial charge in [-0.25, -0.2) is 0 Å². The highest BCUT2D eigenvalue weighted by Crippen LogP contribution is 2.52. The van der Waals surface area contributed by atoms with Gasteiger partial charge in [-0.05, 0) is 49.4 Å². The summed E-state index contributed by atoms with van der Waals surface area (Å²) >= 11 is 0. The van der Waals surface area contributed by atoms with Crippen LogP contribution in [0.4, 0.5) is 0 Å². The van der Waals surface area contributed by atoms with E-state index in [2.05, 4.69) is 13.8 Å². The van der Waals surface area contributed by atoms with Gasteiger partial charge in [0.15, 0.2) is 0 Å². The molecule has 0 saturated heterocycles. The van der Waals surface area contributed by atoms with Gasteiger partial charge in [0.05, 0.1) is 13.2 Å². The van der Waals surface area contributed by atoms with Crippen LogP contribution in [0.1, 0.15) is 46.0 Å². The molecule has 2 N–H and O–H groups in total. The zero-order valence-electron chi connectivity index (χ0n) is 10.7. The van der Waals surface area contributed by atoms with Crippen molar-refractivity contribution in [1.82, 2.24) is 0 Å². The van der Waals surface area contributed by atoms with Crippen LogP contribution in [0.2, 0.25) is 0 Å². The van der Waals surface area contributed by atoms with Crippen molar-refractivity contribution in [3.8, 4) is 0 Å². The molecule has 2 saturated carbocycles. The van der Waals surface area contributed by atoms with Crippen LogP contribution in [-0.2, 0) is 0 Å². The lowest BCUT2D eigenvalue weighted by atomic mass is 9.69. The predicted molar refractivity (Wildman–Crippen MR) is 65.0 cm³/mol. The molecular weight excluding hydrogens is 200 g/mol. The second-order valence-corrected chi connectivity index (χ2v) is 6.47. The molecule has 0 aliphatic heterocycles. The number of fused-ring (bicyclic) bond motifs is 2. The van der Waals surface area contributed by atoms with E-state index in [4.69, 9.17) is 0 Å². The summed E-state index contributed by atoms with van der Waals surface area (Å²) in [5, 5.41) is 19.2. The predicted octanol–water partition coefficient (Wildman–Crippen LogP) is 2.44. The fraction of sp³-hybridized carbons (Fsp3) is 1.00. The fourth-order valence-electron chi connectivity index (χ4n) is 3.93. The number of aliphatic hydroxyl groups is 2. The van der Waals surface area contributed by atoms with Crippen LogP contribution >= 0.6 is 0 Å². The first-order valence-corrected chi connectivity index (χ1v) is 6.83. The molecule has 0 aromatic rings. The van der Waals surface area contributed by atoms with Crippen LogP contribution in [0.5, 0.6) is 0 Å². The Hall–Kier alpha value is -0.0800. The molecule has 0 amide bonds. The Morgan fingerprint density at radius 2 is 1.81 bits per heavy atom. The van der Waals surface area contributed by atoms with E-state index >= 15 is 0 Å². The van der Waals surface area contributed by atoms with Crippen LogP contribution in [0, 0.1) is 29.1 Å². The van der Waals surface area contributed by atoms with Gasteiger partial charge in [0.25, 0.3) is 0 Å². The normalized spacial score (nSPS) is 33.9. The lowest BCUT2D eigenvalue weighted by molar-refractivity contribution is -0.0107. The number of aliphatic hydroxyl groups excluding tert-OH is 2. The highest BCUT2D eigenvalue weighted by Gasteiger charge is 2.44. The Balaban J connectivity index is 2.01. The molecule has 3 unspecified atom stereocenters. The average molecular weight is 226 g/mol. The van der Waals surface area contributed by atoms with Crippen molar-refractivity contribution in [2.45, 2.75) is 46.0 Å². The van der Waals surface area contributed by atoms with Crippen LogP contribution in [0.15, 0.2) is 0 Å². The Labute approximate surface area is 99.1 Å². The Kier molecular flexibility index (Phi) is 3.60. The minimum absolute atomic E-state index is 0.134. The standard InChI is InChI=1S/C14H26O2/c1-10(2)14(8-15,9-16)7-13-6-11-3-4-12(13)5-11/h10-13,15-16H,3-9H2,1-2H3. The highest BCUT2D eigenvalue weighted by atomic mass is 16.3. The third-order valence-corrected chi connectivity index (χ3v) is 5.41. The SMILES string of the molecule is CC(C)C(CO)(CO)CC1CC2CCC1C2. The van der Waals surface area contributed by atoms with Gasteiger partial charge in [-0.1, -0.05) is 20.3 Å². The van der Waals surface area contributed by atoms with E-state index in [-0.39, 0.29) is 18.6 Å². The first-order valence-electron chi connectivity index (χ1n) is 6.83. The maximum atomic E-state index is 9.62. The minimum atomic E-state index is -0.241. The zero-order valence-corrected chi connectivity index (χ0v) is 10.7. The van der Waals surface area contributed by atoms with Crippen molar-refractivity contribution in [3.63, 3.8) is 0 Å². The molecule has 0 spiro atoms. The summed E-state index contributed by atoms with van der Waals surface area (Å²) in [6.07, 6.45) is 6.60. The molecule has 2 aliphatic carbocycles. The summed E-state index contributed by atoms with van der Waals surface area (Å²) in [5.74, 6) is 2.97. The summed E-state index contributed by atoms with van der Waals surface area (Å²) in [5.41, 5.74) is -0.241. The quantitative estimate of drug-likeness (QED) is 0.756. The molecule has 0 heterocycles.